The summed E-state index contributed by atoms with van der Waals surface area (Å²) in [5.74, 6) is -0.538. The molecule has 0 heterocycles. The Morgan fingerprint density at radius 3 is 2.24 bits per heavy atom. The molecule has 0 radical (unpaired) electrons. The van der Waals surface area contributed by atoms with E-state index in [0.717, 1.165) is 17.7 Å². The minimum atomic E-state index is -0.352. The van der Waals surface area contributed by atoms with Crippen LogP contribution in [0.3, 0.4) is 0 Å². The third-order valence-corrected chi connectivity index (χ3v) is 3.76. The zero-order chi connectivity index (χ0) is 18.4. The predicted octanol–water partition coefficient (Wildman–Crippen LogP) is 3.88. The number of hydrogen-bond donors (Lipinski definition) is 1. The molecule has 5 heteroatoms. The lowest BCUT2D eigenvalue weighted by molar-refractivity contribution is 0.0505. The molecule has 1 amide bonds. The van der Waals surface area contributed by atoms with Crippen molar-refractivity contribution in [1.82, 2.24) is 0 Å². The van der Waals surface area contributed by atoms with Crippen LogP contribution in [-0.2, 0) is 4.74 Å². The normalized spacial score (nSPS) is 10.2. The zero-order valence-electron chi connectivity index (χ0n) is 15.1. The number of carbonyl (C=O) groups is 2. The van der Waals surface area contributed by atoms with Crippen LogP contribution in [0, 0.1) is 6.92 Å². The van der Waals surface area contributed by atoms with Crippen LogP contribution in [0.2, 0.25) is 0 Å². The van der Waals surface area contributed by atoms with E-state index in [9.17, 15) is 9.59 Å². The van der Waals surface area contributed by atoms with Crippen molar-refractivity contribution in [2.45, 2.75) is 20.3 Å². The average Bonchev–Trinajstić information content (AvgIpc) is 2.59. The molecule has 0 spiro atoms. The molecule has 2 aromatic rings. The molecule has 0 atom stereocenters. The van der Waals surface area contributed by atoms with Crippen molar-refractivity contribution in [2.75, 3.05) is 30.9 Å². The van der Waals surface area contributed by atoms with E-state index in [1.807, 2.05) is 45.0 Å². The lowest BCUT2D eigenvalue weighted by Crippen LogP contribution is -2.14. The number of benzene rings is 2. The summed E-state index contributed by atoms with van der Waals surface area (Å²) in [4.78, 5) is 26.2. The van der Waals surface area contributed by atoms with Gasteiger partial charge in [0.1, 0.15) is 0 Å². The van der Waals surface area contributed by atoms with Crippen LogP contribution < -0.4 is 10.2 Å². The molecule has 0 aliphatic carbocycles. The summed E-state index contributed by atoms with van der Waals surface area (Å²) < 4.78 is 5.08. The second kappa shape index (κ2) is 8.33. The van der Waals surface area contributed by atoms with E-state index < -0.39 is 0 Å². The van der Waals surface area contributed by atoms with Crippen molar-refractivity contribution in [3.05, 3.63) is 59.2 Å². The lowest BCUT2D eigenvalue weighted by atomic mass is 10.1. The molecule has 2 aromatic carbocycles. The Morgan fingerprint density at radius 1 is 1.04 bits per heavy atom. The van der Waals surface area contributed by atoms with Crippen LogP contribution in [0.15, 0.2) is 42.5 Å². The Hall–Kier alpha value is -2.82. The monoisotopic (exact) mass is 340 g/mol. The fourth-order valence-electron chi connectivity index (χ4n) is 2.47. The minimum Gasteiger partial charge on any atom is -0.462 e. The Labute approximate surface area is 148 Å². The van der Waals surface area contributed by atoms with Gasteiger partial charge in [0, 0.05) is 31.0 Å². The summed E-state index contributed by atoms with van der Waals surface area (Å²) in [5, 5.41) is 2.84. The second-order valence-corrected chi connectivity index (χ2v) is 6.06. The summed E-state index contributed by atoms with van der Waals surface area (Å²) >= 11 is 0. The van der Waals surface area contributed by atoms with E-state index in [1.165, 1.54) is 0 Å². The van der Waals surface area contributed by atoms with Gasteiger partial charge in [-0.05, 0) is 61.4 Å². The molecule has 25 heavy (non-hydrogen) atoms. The highest BCUT2D eigenvalue weighted by Crippen LogP contribution is 2.20. The molecule has 0 aliphatic rings. The number of hydrogen-bond acceptors (Lipinski definition) is 4. The smallest absolute Gasteiger partial charge is 0.338 e. The summed E-state index contributed by atoms with van der Waals surface area (Å²) in [5.41, 5.74) is 3.80. The number of aryl methyl sites for hydroxylation is 1. The maximum atomic E-state index is 12.4. The predicted molar refractivity (Wildman–Crippen MR) is 100 cm³/mol. The van der Waals surface area contributed by atoms with Gasteiger partial charge in [0.15, 0.2) is 0 Å². The van der Waals surface area contributed by atoms with Gasteiger partial charge < -0.3 is 15.0 Å². The fraction of sp³-hybridized carbons (Fsp3) is 0.300. The Bertz CT molecular complexity index is 752. The standard InChI is InChI=1S/C20H24N2O3/c1-5-12-25-20(24)15-6-9-17(10-7-15)21-19(23)16-8-11-18(22(3)4)14(2)13-16/h6-11,13H,5,12H2,1-4H3,(H,21,23). The van der Waals surface area contributed by atoms with Crippen LogP contribution in [0.1, 0.15) is 39.6 Å². The summed E-state index contributed by atoms with van der Waals surface area (Å²) in [6.45, 7) is 4.32. The van der Waals surface area contributed by atoms with E-state index >= 15 is 0 Å². The molecule has 0 fully saturated rings. The Morgan fingerprint density at radius 2 is 1.68 bits per heavy atom. The molecule has 2 rings (SSSR count). The number of nitrogens with one attached hydrogen (secondary N) is 1. The molecule has 0 unspecified atom stereocenters. The van der Waals surface area contributed by atoms with E-state index in [1.54, 1.807) is 30.3 Å². The second-order valence-electron chi connectivity index (χ2n) is 6.06. The largest absolute Gasteiger partial charge is 0.462 e. The molecule has 132 valence electrons. The fourth-order valence-corrected chi connectivity index (χ4v) is 2.47. The van der Waals surface area contributed by atoms with Crippen molar-refractivity contribution >= 4 is 23.3 Å². The van der Waals surface area contributed by atoms with Crippen molar-refractivity contribution in [1.29, 1.82) is 0 Å². The molecule has 1 N–H and O–H groups in total. The molecule has 5 nitrogen and oxygen atoms in total. The molecule has 0 aliphatic heterocycles. The minimum absolute atomic E-state index is 0.185. The molecule has 0 saturated carbocycles. The highest BCUT2D eigenvalue weighted by molar-refractivity contribution is 6.04. The van der Waals surface area contributed by atoms with Gasteiger partial charge in [-0.15, -0.1) is 0 Å². The van der Waals surface area contributed by atoms with E-state index in [-0.39, 0.29) is 11.9 Å². The van der Waals surface area contributed by atoms with Gasteiger partial charge in [0.25, 0.3) is 5.91 Å². The third kappa shape index (κ3) is 4.83. The first-order valence-electron chi connectivity index (χ1n) is 8.29. The summed E-state index contributed by atoms with van der Waals surface area (Å²) in [7, 11) is 3.93. The topological polar surface area (TPSA) is 58.6 Å². The van der Waals surface area contributed by atoms with Crippen LogP contribution in [0.4, 0.5) is 11.4 Å². The number of esters is 1. The summed E-state index contributed by atoms with van der Waals surface area (Å²) in [6, 6.07) is 12.3. The maximum absolute atomic E-state index is 12.4. The molecular weight excluding hydrogens is 316 g/mol. The first kappa shape index (κ1) is 18.5. The van der Waals surface area contributed by atoms with Crippen LogP contribution in [0.25, 0.3) is 0 Å². The Balaban J connectivity index is 2.05. The third-order valence-electron chi connectivity index (χ3n) is 3.76. The number of rotatable bonds is 6. The van der Waals surface area contributed by atoms with Gasteiger partial charge in [0.05, 0.1) is 12.2 Å². The average molecular weight is 340 g/mol. The highest BCUT2D eigenvalue weighted by Gasteiger charge is 2.10. The van der Waals surface area contributed by atoms with Gasteiger partial charge in [-0.3, -0.25) is 4.79 Å². The number of amides is 1. The van der Waals surface area contributed by atoms with Crippen molar-refractivity contribution in [3.63, 3.8) is 0 Å². The lowest BCUT2D eigenvalue weighted by Gasteiger charge is -2.16. The SMILES string of the molecule is CCCOC(=O)c1ccc(NC(=O)c2ccc(N(C)C)c(C)c2)cc1. The molecule has 0 saturated heterocycles. The molecule has 0 bridgehead atoms. The van der Waals surface area contributed by atoms with Crippen molar-refractivity contribution in [3.8, 4) is 0 Å². The van der Waals surface area contributed by atoms with Gasteiger partial charge in [-0.2, -0.15) is 0 Å². The van der Waals surface area contributed by atoms with Crippen LogP contribution >= 0.6 is 0 Å². The molecule has 0 aromatic heterocycles. The van der Waals surface area contributed by atoms with E-state index in [2.05, 4.69) is 5.32 Å². The Kier molecular flexibility index (Phi) is 6.17. The van der Waals surface area contributed by atoms with Gasteiger partial charge >= 0.3 is 5.97 Å². The quantitative estimate of drug-likeness (QED) is 0.811. The van der Waals surface area contributed by atoms with E-state index in [4.69, 9.17) is 4.74 Å². The number of ether oxygens (including phenoxy) is 1. The maximum Gasteiger partial charge on any atom is 0.338 e. The van der Waals surface area contributed by atoms with Gasteiger partial charge in [-0.1, -0.05) is 6.92 Å². The summed E-state index contributed by atoms with van der Waals surface area (Å²) in [6.07, 6.45) is 0.784. The first-order valence-corrected chi connectivity index (χ1v) is 8.29. The van der Waals surface area contributed by atoms with Gasteiger partial charge in [0.2, 0.25) is 0 Å². The van der Waals surface area contributed by atoms with Crippen molar-refractivity contribution in [2.24, 2.45) is 0 Å². The molecular formula is C20H24N2O3. The number of nitrogens with zero attached hydrogens (tertiary/aromatic N) is 1. The van der Waals surface area contributed by atoms with Gasteiger partial charge in [-0.25, -0.2) is 4.79 Å². The van der Waals surface area contributed by atoms with E-state index in [0.29, 0.717) is 23.4 Å². The highest BCUT2D eigenvalue weighted by atomic mass is 16.5. The van der Waals surface area contributed by atoms with Crippen LogP contribution in [-0.4, -0.2) is 32.6 Å². The zero-order valence-corrected chi connectivity index (χ0v) is 15.1. The number of carbonyl (C=O) groups excluding carboxylic acids is 2. The first-order chi connectivity index (χ1) is 11.9. The van der Waals surface area contributed by atoms with Crippen molar-refractivity contribution < 1.29 is 14.3 Å². The number of anilines is 2. The van der Waals surface area contributed by atoms with Crippen LogP contribution in [0.5, 0.6) is 0 Å².